The predicted octanol–water partition coefficient (Wildman–Crippen LogP) is -2.80. The Hall–Kier alpha value is -1.96. The van der Waals surface area contributed by atoms with E-state index in [0.29, 0.717) is 0 Å². The van der Waals surface area contributed by atoms with Crippen LogP contribution in [0.1, 0.15) is 6.92 Å². The van der Waals surface area contributed by atoms with Crippen LogP contribution in [0.15, 0.2) is 9.59 Å². The number of carbonyl (C=O) groups excluding carboxylic acids is 1. The number of aromatic amines is 1. The number of hydrogen-bond acceptors (Lipinski definition) is 5. The predicted molar refractivity (Wildman–Crippen MR) is 54.6 cm³/mol. The van der Waals surface area contributed by atoms with E-state index in [2.05, 4.69) is 16.7 Å². The van der Waals surface area contributed by atoms with Gasteiger partial charge in [-0.1, -0.05) is 0 Å². The summed E-state index contributed by atoms with van der Waals surface area (Å²) in [6.07, 6.45) is 2.30. The maximum absolute atomic E-state index is 11.2. The zero-order valence-corrected chi connectivity index (χ0v) is 8.69. The van der Waals surface area contributed by atoms with Crippen LogP contribution >= 0.6 is 0 Å². The van der Waals surface area contributed by atoms with Crippen molar-refractivity contribution in [3.8, 4) is 0 Å². The number of nitrogens with two attached hydrogens (primary N) is 1. The lowest BCUT2D eigenvalue weighted by Crippen LogP contribution is -2.42. The number of aromatic nitrogens is 3. The molecule has 1 atom stereocenters. The molecule has 1 heterocycles. The molecule has 0 aromatic carbocycles. The lowest BCUT2D eigenvalue weighted by Gasteiger charge is -2.07. The molecule has 0 saturated heterocycles. The Morgan fingerprint density at radius 2 is 2.38 bits per heavy atom. The van der Waals surface area contributed by atoms with Crippen molar-refractivity contribution < 1.29 is 4.79 Å². The lowest BCUT2D eigenvalue weighted by atomic mass is 10.3. The van der Waals surface area contributed by atoms with Gasteiger partial charge >= 0.3 is 11.1 Å². The minimum Gasteiger partial charge on any atom is -0.353 e. The molecule has 0 aliphatic rings. The van der Waals surface area contributed by atoms with Crippen molar-refractivity contribution in [2.24, 2.45) is 5.73 Å². The summed E-state index contributed by atoms with van der Waals surface area (Å²) >= 11 is 0. The third-order valence-corrected chi connectivity index (χ3v) is 1.82. The summed E-state index contributed by atoms with van der Waals surface area (Å²) in [5.74, 6) is -0.328. The molecule has 0 aliphatic carbocycles. The molecular formula is C8H12N5O3. The summed E-state index contributed by atoms with van der Waals surface area (Å²) in [4.78, 5) is 33.1. The number of nitrogens with one attached hydrogen (secondary N) is 2. The molecule has 0 saturated carbocycles. The Labute approximate surface area is 90.5 Å². The van der Waals surface area contributed by atoms with E-state index in [9.17, 15) is 14.4 Å². The second kappa shape index (κ2) is 5.21. The van der Waals surface area contributed by atoms with E-state index in [1.54, 1.807) is 6.92 Å². The molecule has 1 amide bonds. The lowest BCUT2D eigenvalue weighted by molar-refractivity contribution is -0.122. The zero-order chi connectivity index (χ0) is 12.1. The molecule has 16 heavy (non-hydrogen) atoms. The van der Waals surface area contributed by atoms with E-state index in [4.69, 9.17) is 5.73 Å². The molecule has 8 nitrogen and oxygen atoms in total. The van der Waals surface area contributed by atoms with Crippen molar-refractivity contribution >= 4 is 5.91 Å². The maximum atomic E-state index is 11.2. The molecule has 0 unspecified atom stereocenters. The normalized spacial score (nSPS) is 12.1. The van der Waals surface area contributed by atoms with Gasteiger partial charge in [-0.3, -0.25) is 19.0 Å². The second-order valence-corrected chi connectivity index (χ2v) is 3.19. The summed E-state index contributed by atoms with van der Waals surface area (Å²) in [6, 6.07) is -0.613. The molecule has 1 aromatic heterocycles. The van der Waals surface area contributed by atoms with E-state index >= 15 is 0 Å². The largest absolute Gasteiger partial charge is 0.353 e. The van der Waals surface area contributed by atoms with Crippen molar-refractivity contribution in [2.75, 3.05) is 6.54 Å². The SMILES string of the molecule is C[C@H](N)C(=O)NCCn1[c]n[nH]c(=O)c1=O. The molecule has 1 rings (SSSR count). The van der Waals surface area contributed by atoms with E-state index in [1.807, 2.05) is 5.10 Å². The highest BCUT2D eigenvalue weighted by molar-refractivity contribution is 5.80. The van der Waals surface area contributed by atoms with Gasteiger partial charge in [0.25, 0.3) is 0 Å². The molecule has 1 aromatic rings. The first-order valence-electron chi connectivity index (χ1n) is 4.63. The quantitative estimate of drug-likeness (QED) is 0.478. The van der Waals surface area contributed by atoms with Crippen molar-refractivity contribution in [3.05, 3.63) is 27.0 Å². The highest BCUT2D eigenvalue weighted by atomic mass is 16.2. The monoisotopic (exact) mass is 226 g/mol. The van der Waals surface area contributed by atoms with Crippen molar-refractivity contribution in [1.29, 1.82) is 0 Å². The first-order valence-corrected chi connectivity index (χ1v) is 4.63. The fourth-order valence-corrected chi connectivity index (χ4v) is 0.955. The molecule has 1 radical (unpaired) electrons. The van der Waals surface area contributed by atoms with Gasteiger partial charge in [0.1, 0.15) is 0 Å². The fraction of sp³-hybridized carbons (Fsp3) is 0.500. The molecule has 4 N–H and O–H groups in total. The van der Waals surface area contributed by atoms with E-state index in [1.165, 1.54) is 0 Å². The Morgan fingerprint density at radius 3 is 3.00 bits per heavy atom. The molecule has 0 spiro atoms. The minimum absolute atomic E-state index is 0.119. The summed E-state index contributed by atoms with van der Waals surface area (Å²) < 4.78 is 0.986. The third kappa shape index (κ3) is 3.02. The smallest absolute Gasteiger partial charge is 0.330 e. The Balaban J connectivity index is 2.56. The van der Waals surface area contributed by atoms with E-state index in [-0.39, 0.29) is 19.0 Å². The highest BCUT2D eigenvalue weighted by Gasteiger charge is 2.06. The standard InChI is InChI=1S/C8H12N5O3/c1-5(9)6(14)10-2-3-13-4-11-12-7(15)8(13)16/h5H,2-3,9H2,1H3,(H,10,14)(H,12,15)/t5-/m0/s1. The fourth-order valence-electron chi connectivity index (χ4n) is 0.955. The summed E-state index contributed by atoms with van der Waals surface area (Å²) in [6.45, 7) is 1.85. The van der Waals surface area contributed by atoms with Crippen LogP contribution in [0.3, 0.4) is 0 Å². The Bertz CT molecular complexity index is 475. The average molecular weight is 226 g/mol. The highest BCUT2D eigenvalue weighted by Crippen LogP contribution is 1.76. The summed E-state index contributed by atoms with van der Waals surface area (Å²) in [5, 5.41) is 7.79. The maximum Gasteiger partial charge on any atom is 0.330 e. The Morgan fingerprint density at radius 1 is 1.69 bits per heavy atom. The van der Waals surface area contributed by atoms with Crippen LogP contribution in [0.5, 0.6) is 0 Å². The van der Waals surface area contributed by atoms with Gasteiger partial charge < -0.3 is 11.1 Å². The number of nitrogens with zero attached hydrogens (tertiary/aromatic N) is 2. The summed E-state index contributed by atoms with van der Waals surface area (Å²) in [7, 11) is 0. The van der Waals surface area contributed by atoms with Gasteiger partial charge in [-0.25, -0.2) is 5.10 Å². The van der Waals surface area contributed by atoms with Crippen LogP contribution in [-0.2, 0) is 11.3 Å². The first kappa shape index (κ1) is 12.1. The summed E-state index contributed by atoms with van der Waals surface area (Å²) in [5.41, 5.74) is 3.73. The van der Waals surface area contributed by atoms with Crippen LogP contribution in [0.25, 0.3) is 0 Å². The first-order chi connectivity index (χ1) is 7.52. The number of amides is 1. The minimum atomic E-state index is -0.822. The van der Waals surface area contributed by atoms with Crippen LogP contribution in [0.2, 0.25) is 0 Å². The number of carbonyl (C=O) groups is 1. The molecule has 87 valence electrons. The molecule has 0 bridgehead atoms. The van der Waals surface area contributed by atoms with Gasteiger partial charge in [0.15, 0.2) is 0 Å². The Kier molecular flexibility index (Phi) is 3.95. The van der Waals surface area contributed by atoms with Gasteiger partial charge in [0.05, 0.1) is 6.04 Å². The van der Waals surface area contributed by atoms with Crippen molar-refractivity contribution in [2.45, 2.75) is 19.5 Å². The van der Waals surface area contributed by atoms with Gasteiger partial charge in [-0.2, -0.15) is 5.10 Å². The van der Waals surface area contributed by atoms with Gasteiger partial charge in [0, 0.05) is 13.1 Å². The molecule has 8 heteroatoms. The van der Waals surface area contributed by atoms with Crippen molar-refractivity contribution in [3.63, 3.8) is 0 Å². The van der Waals surface area contributed by atoms with E-state index in [0.717, 1.165) is 4.57 Å². The number of rotatable bonds is 4. The van der Waals surface area contributed by atoms with Crippen LogP contribution in [0, 0.1) is 6.33 Å². The molecule has 0 aliphatic heterocycles. The van der Waals surface area contributed by atoms with Crippen LogP contribution in [0.4, 0.5) is 0 Å². The average Bonchev–Trinajstić information content (AvgIpc) is 2.24. The molecule has 0 fully saturated rings. The zero-order valence-electron chi connectivity index (χ0n) is 8.69. The van der Waals surface area contributed by atoms with Gasteiger partial charge in [0.2, 0.25) is 12.2 Å². The number of H-pyrrole nitrogens is 1. The van der Waals surface area contributed by atoms with Gasteiger partial charge in [-0.15, -0.1) is 0 Å². The molecular weight excluding hydrogens is 214 g/mol. The van der Waals surface area contributed by atoms with E-state index < -0.39 is 17.2 Å². The van der Waals surface area contributed by atoms with Gasteiger partial charge in [-0.05, 0) is 6.92 Å². The van der Waals surface area contributed by atoms with Crippen molar-refractivity contribution in [1.82, 2.24) is 20.1 Å². The second-order valence-electron chi connectivity index (χ2n) is 3.19. The third-order valence-electron chi connectivity index (χ3n) is 1.82. The van der Waals surface area contributed by atoms with Crippen LogP contribution in [-0.4, -0.2) is 33.3 Å². The van der Waals surface area contributed by atoms with Crippen LogP contribution < -0.4 is 22.2 Å². The number of hydrogen-bond donors (Lipinski definition) is 3. The topological polar surface area (TPSA) is 123 Å².